The highest BCUT2D eigenvalue weighted by molar-refractivity contribution is 5.98. The van der Waals surface area contributed by atoms with E-state index in [-0.39, 0.29) is 18.7 Å². The second-order valence-corrected chi connectivity index (χ2v) is 2.86. The van der Waals surface area contributed by atoms with Gasteiger partial charge in [0, 0.05) is 5.69 Å². The predicted molar refractivity (Wildman–Crippen MR) is 52.7 cm³/mol. The molecule has 0 saturated heterocycles. The van der Waals surface area contributed by atoms with Crippen LogP contribution in [0, 0.1) is 0 Å². The van der Waals surface area contributed by atoms with Gasteiger partial charge in [0.1, 0.15) is 0 Å². The third kappa shape index (κ3) is 3.71. The zero-order valence-corrected chi connectivity index (χ0v) is 7.62. The van der Waals surface area contributed by atoms with Crippen LogP contribution in [0.25, 0.3) is 0 Å². The third-order valence-electron chi connectivity index (χ3n) is 1.62. The zero-order valence-electron chi connectivity index (χ0n) is 7.62. The van der Waals surface area contributed by atoms with E-state index in [2.05, 4.69) is 5.32 Å². The molecule has 1 amide bonds. The van der Waals surface area contributed by atoms with E-state index in [9.17, 15) is 9.59 Å². The molecule has 1 radical (unpaired) electrons. The van der Waals surface area contributed by atoms with Crippen molar-refractivity contribution in [2.75, 3.05) is 11.9 Å². The quantitative estimate of drug-likeness (QED) is 0.702. The molecule has 4 nitrogen and oxygen atoms in total. The van der Waals surface area contributed by atoms with Gasteiger partial charge in [-0.05, 0) is 12.1 Å². The fraction of sp³-hybridized carbons (Fsp3) is 0.200. The Morgan fingerprint density at radius 2 is 1.86 bits per heavy atom. The Balaban J connectivity index is 2.34. The summed E-state index contributed by atoms with van der Waals surface area (Å²) in [5, 5.41) is 2.86. The Kier molecular flexibility index (Phi) is 3.67. The van der Waals surface area contributed by atoms with Gasteiger partial charge in [0.2, 0.25) is 5.91 Å². The first kappa shape index (κ1) is 10.2. The molecule has 0 heterocycles. The molecule has 2 N–H and O–H groups in total. The Labute approximate surface area is 82.1 Å². The van der Waals surface area contributed by atoms with Crippen molar-refractivity contribution in [1.29, 1.82) is 0 Å². The van der Waals surface area contributed by atoms with Crippen LogP contribution in [0.15, 0.2) is 30.3 Å². The van der Waals surface area contributed by atoms with Crippen LogP contribution in [0.4, 0.5) is 5.69 Å². The van der Waals surface area contributed by atoms with Crippen LogP contribution in [0.1, 0.15) is 6.42 Å². The molecule has 1 aromatic rings. The van der Waals surface area contributed by atoms with E-state index in [1.165, 1.54) is 0 Å². The lowest BCUT2D eigenvalue weighted by Crippen LogP contribution is -2.17. The van der Waals surface area contributed by atoms with Crippen molar-refractivity contribution in [2.24, 2.45) is 0 Å². The average molecular weight is 191 g/mol. The molecule has 14 heavy (non-hydrogen) atoms. The first-order valence-corrected chi connectivity index (χ1v) is 4.23. The average Bonchev–Trinajstić information content (AvgIpc) is 2.15. The molecule has 0 aromatic heterocycles. The number of amides is 1. The first-order chi connectivity index (χ1) is 6.68. The number of rotatable bonds is 5. The Morgan fingerprint density at radius 1 is 1.21 bits per heavy atom. The van der Waals surface area contributed by atoms with Crippen LogP contribution in [-0.2, 0) is 9.59 Å². The van der Waals surface area contributed by atoms with Crippen molar-refractivity contribution >= 4 is 17.4 Å². The highest BCUT2D eigenvalue weighted by atomic mass is 16.2. The van der Waals surface area contributed by atoms with Gasteiger partial charge in [0.05, 0.1) is 13.0 Å². The molecule has 0 aliphatic heterocycles. The molecule has 0 aliphatic carbocycles. The number of nitrogens with one attached hydrogen (secondary N) is 2. The maximum absolute atomic E-state index is 11.0. The van der Waals surface area contributed by atoms with Gasteiger partial charge in [0.25, 0.3) is 0 Å². The van der Waals surface area contributed by atoms with E-state index < -0.39 is 5.91 Å². The lowest BCUT2D eigenvalue weighted by atomic mass is 10.2. The van der Waals surface area contributed by atoms with Crippen molar-refractivity contribution < 1.29 is 9.59 Å². The van der Waals surface area contributed by atoms with Gasteiger partial charge >= 0.3 is 0 Å². The maximum Gasteiger partial charge on any atom is 0.245 e. The van der Waals surface area contributed by atoms with E-state index in [0.29, 0.717) is 0 Å². The van der Waals surface area contributed by atoms with Crippen LogP contribution in [0.5, 0.6) is 0 Å². The number of hydrogen-bond donors (Lipinski definition) is 1. The molecule has 0 spiro atoms. The van der Waals surface area contributed by atoms with E-state index in [4.69, 9.17) is 5.73 Å². The van der Waals surface area contributed by atoms with Gasteiger partial charge in [-0.2, -0.15) is 0 Å². The number of benzene rings is 1. The summed E-state index contributed by atoms with van der Waals surface area (Å²) in [5.41, 5.74) is 7.44. The Hall–Kier alpha value is -1.84. The van der Waals surface area contributed by atoms with Crippen molar-refractivity contribution in [3.05, 3.63) is 30.3 Å². The number of para-hydroxylation sites is 1. The summed E-state index contributed by atoms with van der Waals surface area (Å²) in [7, 11) is 0. The molecule has 1 rings (SSSR count). The Morgan fingerprint density at radius 3 is 2.43 bits per heavy atom. The molecule has 0 fully saturated rings. The van der Waals surface area contributed by atoms with Crippen molar-refractivity contribution in [3.63, 3.8) is 0 Å². The molecule has 0 aliphatic rings. The topological polar surface area (TPSA) is 70.0 Å². The number of anilines is 1. The fourth-order valence-corrected chi connectivity index (χ4v) is 0.998. The van der Waals surface area contributed by atoms with E-state index >= 15 is 0 Å². The summed E-state index contributed by atoms with van der Waals surface area (Å²) in [6.45, 7) is 0.0919. The van der Waals surface area contributed by atoms with Gasteiger partial charge in [-0.3, -0.25) is 15.3 Å². The smallest absolute Gasteiger partial charge is 0.245 e. The van der Waals surface area contributed by atoms with Gasteiger partial charge in [-0.25, -0.2) is 0 Å². The number of Topliss-reactive ketones (excluding diaryl/α,β-unsaturated/α-hetero) is 1. The van der Waals surface area contributed by atoms with Gasteiger partial charge < -0.3 is 5.32 Å². The predicted octanol–water partition coefficient (Wildman–Crippen LogP) is 0.867. The lowest BCUT2D eigenvalue weighted by Gasteiger charge is -2.03. The van der Waals surface area contributed by atoms with Gasteiger partial charge in [-0.15, -0.1) is 0 Å². The molecule has 73 valence electrons. The monoisotopic (exact) mass is 191 g/mol. The minimum absolute atomic E-state index is 0.0919. The first-order valence-electron chi connectivity index (χ1n) is 4.23. The molecule has 0 atom stereocenters. The van der Waals surface area contributed by atoms with Crippen molar-refractivity contribution in [3.8, 4) is 0 Å². The molecule has 1 aromatic carbocycles. The molecule has 0 bridgehead atoms. The summed E-state index contributed by atoms with van der Waals surface area (Å²) in [6.07, 6.45) is -0.320. The second kappa shape index (κ2) is 5.01. The number of ketones is 1. The molecule has 4 heteroatoms. The largest absolute Gasteiger partial charge is 0.378 e. The molecule has 0 saturated carbocycles. The SMILES string of the molecule is [NH]C(=O)CC(=O)CNc1ccccc1. The van der Waals surface area contributed by atoms with Crippen LogP contribution < -0.4 is 11.1 Å². The summed E-state index contributed by atoms with van der Waals surface area (Å²) in [4.78, 5) is 21.3. The summed E-state index contributed by atoms with van der Waals surface area (Å²) >= 11 is 0. The second-order valence-electron chi connectivity index (χ2n) is 2.86. The molecule has 0 unspecified atom stereocenters. The van der Waals surface area contributed by atoms with Gasteiger partial charge in [-0.1, -0.05) is 18.2 Å². The van der Waals surface area contributed by atoms with E-state index in [1.807, 2.05) is 30.3 Å². The zero-order chi connectivity index (χ0) is 10.4. The fourth-order valence-electron chi connectivity index (χ4n) is 0.998. The maximum atomic E-state index is 11.0. The molecular formula is C10H11N2O2. The van der Waals surface area contributed by atoms with Crippen LogP contribution in [0.2, 0.25) is 0 Å². The van der Waals surface area contributed by atoms with Gasteiger partial charge in [0.15, 0.2) is 5.78 Å². The number of hydrogen-bond acceptors (Lipinski definition) is 3. The Bertz CT molecular complexity index is 322. The summed E-state index contributed by atoms with van der Waals surface area (Å²) < 4.78 is 0. The normalized spacial score (nSPS) is 9.43. The summed E-state index contributed by atoms with van der Waals surface area (Å²) in [6, 6.07) is 9.23. The third-order valence-corrected chi connectivity index (χ3v) is 1.62. The highest BCUT2D eigenvalue weighted by Gasteiger charge is 2.05. The van der Waals surface area contributed by atoms with Crippen LogP contribution in [-0.4, -0.2) is 18.2 Å². The van der Waals surface area contributed by atoms with Crippen molar-refractivity contribution in [2.45, 2.75) is 6.42 Å². The van der Waals surface area contributed by atoms with Crippen LogP contribution in [0.3, 0.4) is 0 Å². The van der Waals surface area contributed by atoms with Crippen molar-refractivity contribution in [1.82, 2.24) is 5.73 Å². The lowest BCUT2D eigenvalue weighted by molar-refractivity contribution is -0.125. The molecular weight excluding hydrogens is 180 g/mol. The summed E-state index contributed by atoms with van der Waals surface area (Å²) in [5.74, 6) is -1.11. The van der Waals surface area contributed by atoms with E-state index in [0.717, 1.165) is 5.69 Å². The number of carbonyl (C=O) groups excluding carboxylic acids is 2. The minimum atomic E-state index is -0.843. The standard InChI is InChI=1S/C10H11N2O2/c11-10(14)6-9(13)7-12-8-4-2-1-3-5-8/h1-5,11-12H,6-7H2. The van der Waals surface area contributed by atoms with E-state index in [1.54, 1.807) is 0 Å². The minimum Gasteiger partial charge on any atom is -0.378 e. The highest BCUT2D eigenvalue weighted by Crippen LogP contribution is 2.03. The van der Waals surface area contributed by atoms with Crippen LogP contribution >= 0.6 is 0 Å². The number of carbonyl (C=O) groups is 2.